The minimum atomic E-state index is -0.0169. The van der Waals surface area contributed by atoms with Crippen LogP contribution in [0, 0.1) is 0 Å². The summed E-state index contributed by atoms with van der Waals surface area (Å²) >= 11 is 3.50. The molecule has 1 fully saturated rings. The summed E-state index contributed by atoms with van der Waals surface area (Å²) < 4.78 is 4.65. The maximum Gasteiger partial charge on any atom is 0.275 e. The predicted molar refractivity (Wildman–Crippen MR) is 106 cm³/mol. The first-order valence-corrected chi connectivity index (χ1v) is 10.0. The van der Waals surface area contributed by atoms with Gasteiger partial charge in [-0.3, -0.25) is 9.59 Å². The second-order valence-corrected chi connectivity index (χ2v) is 7.92. The monoisotopic (exact) mass is 415 g/mol. The van der Waals surface area contributed by atoms with E-state index in [1.54, 1.807) is 4.57 Å². The minimum absolute atomic E-state index is 0.0169. The van der Waals surface area contributed by atoms with Gasteiger partial charge in [-0.15, -0.1) is 0 Å². The summed E-state index contributed by atoms with van der Waals surface area (Å²) in [6.45, 7) is 0.533. The van der Waals surface area contributed by atoms with Crippen LogP contribution in [0.1, 0.15) is 38.5 Å². The van der Waals surface area contributed by atoms with E-state index in [1.807, 2.05) is 40.9 Å². The molecule has 3 aromatic rings. The van der Waals surface area contributed by atoms with Gasteiger partial charge in [0, 0.05) is 29.7 Å². The Morgan fingerprint density at radius 2 is 1.96 bits per heavy atom. The quantitative estimate of drug-likeness (QED) is 0.687. The number of benzene rings is 1. The van der Waals surface area contributed by atoms with Crippen molar-refractivity contribution in [3.05, 3.63) is 51.4 Å². The van der Waals surface area contributed by atoms with Gasteiger partial charge in [0.25, 0.3) is 5.56 Å². The molecule has 1 aromatic carbocycles. The second-order valence-electron chi connectivity index (χ2n) is 7.01. The van der Waals surface area contributed by atoms with E-state index in [0.717, 1.165) is 28.3 Å². The third-order valence-electron chi connectivity index (χ3n) is 5.21. The highest BCUT2D eigenvalue weighted by atomic mass is 79.9. The van der Waals surface area contributed by atoms with Crippen LogP contribution in [0.25, 0.3) is 16.6 Å². The van der Waals surface area contributed by atoms with E-state index in [1.165, 1.54) is 12.8 Å². The van der Waals surface area contributed by atoms with E-state index >= 15 is 0 Å². The fraction of sp³-hybridized carbons (Fsp3) is 0.400. The molecule has 1 aliphatic rings. The Bertz CT molecular complexity index is 1010. The fourth-order valence-corrected chi connectivity index (χ4v) is 4.27. The zero-order chi connectivity index (χ0) is 18.1. The minimum Gasteiger partial charge on any atom is -0.353 e. The van der Waals surface area contributed by atoms with Crippen LogP contribution in [0.4, 0.5) is 0 Å². The Balaban J connectivity index is 1.56. The van der Waals surface area contributed by atoms with Gasteiger partial charge in [-0.05, 0) is 49.6 Å². The average molecular weight is 416 g/mol. The molecule has 26 heavy (non-hydrogen) atoms. The summed E-state index contributed by atoms with van der Waals surface area (Å²) in [5.74, 6) is 0.0965. The van der Waals surface area contributed by atoms with Crippen molar-refractivity contribution >= 4 is 38.4 Å². The van der Waals surface area contributed by atoms with Crippen molar-refractivity contribution in [2.24, 2.45) is 0 Å². The number of hydrogen-bond donors (Lipinski definition) is 1. The molecule has 1 amide bonds. The van der Waals surface area contributed by atoms with Gasteiger partial charge in [0.15, 0.2) is 0 Å². The van der Waals surface area contributed by atoms with Gasteiger partial charge in [-0.2, -0.15) is 0 Å². The Morgan fingerprint density at radius 1 is 1.15 bits per heavy atom. The summed E-state index contributed by atoms with van der Waals surface area (Å²) in [4.78, 5) is 25.0. The van der Waals surface area contributed by atoms with E-state index in [-0.39, 0.29) is 11.5 Å². The molecule has 4 rings (SSSR count). The van der Waals surface area contributed by atoms with Gasteiger partial charge in [0.1, 0.15) is 5.52 Å². The lowest BCUT2D eigenvalue weighted by atomic mass is 10.2. The smallest absolute Gasteiger partial charge is 0.275 e. The molecule has 0 unspecified atom stereocenters. The molecular formula is C20H22BrN3O2. The molecule has 0 spiro atoms. The Hall–Kier alpha value is -2.08. The summed E-state index contributed by atoms with van der Waals surface area (Å²) in [5, 5.41) is 3.11. The van der Waals surface area contributed by atoms with Crippen molar-refractivity contribution in [3.63, 3.8) is 0 Å². The zero-order valence-corrected chi connectivity index (χ0v) is 16.2. The van der Waals surface area contributed by atoms with Gasteiger partial charge in [0.05, 0.1) is 11.0 Å². The Labute approximate surface area is 160 Å². The number of fused-ring (bicyclic) bond motifs is 3. The van der Waals surface area contributed by atoms with Crippen molar-refractivity contribution < 1.29 is 4.79 Å². The number of aryl methyl sites for hydroxylation is 1. The molecule has 2 aromatic heterocycles. The number of carbonyl (C=O) groups excluding carboxylic acids is 1. The van der Waals surface area contributed by atoms with Crippen molar-refractivity contribution in [3.8, 4) is 0 Å². The molecule has 2 heterocycles. The van der Waals surface area contributed by atoms with Gasteiger partial charge in [-0.1, -0.05) is 28.8 Å². The average Bonchev–Trinajstić information content (AvgIpc) is 3.29. The summed E-state index contributed by atoms with van der Waals surface area (Å²) in [7, 11) is 0. The van der Waals surface area contributed by atoms with Crippen LogP contribution < -0.4 is 10.9 Å². The molecule has 1 aliphatic carbocycles. The van der Waals surface area contributed by atoms with Crippen molar-refractivity contribution in [1.29, 1.82) is 0 Å². The van der Waals surface area contributed by atoms with E-state index in [2.05, 4.69) is 21.2 Å². The van der Waals surface area contributed by atoms with Crippen LogP contribution in [-0.4, -0.2) is 20.9 Å². The first kappa shape index (κ1) is 17.3. The van der Waals surface area contributed by atoms with Crippen LogP contribution >= 0.6 is 15.9 Å². The van der Waals surface area contributed by atoms with Gasteiger partial charge < -0.3 is 14.3 Å². The third-order valence-corrected chi connectivity index (χ3v) is 5.70. The molecule has 1 N–H and O–H groups in total. The maximum atomic E-state index is 12.9. The lowest BCUT2D eigenvalue weighted by Crippen LogP contribution is -2.32. The second kappa shape index (κ2) is 7.27. The number of carbonyl (C=O) groups is 1. The first-order valence-electron chi connectivity index (χ1n) is 9.22. The number of aromatic nitrogens is 2. The highest BCUT2D eigenvalue weighted by Gasteiger charge is 2.17. The largest absolute Gasteiger partial charge is 0.353 e. The van der Waals surface area contributed by atoms with Gasteiger partial charge in [-0.25, -0.2) is 0 Å². The zero-order valence-electron chi connectivity index (χ0n) is 14.6. The molecule has 136 valence electrons. The number of nitrogens with one attached hydrogen (secondary N) is 1. The van der Waals surface area contributed by atoms with Crippen LogP contribution in [0.3, 0.4) is 0 Å². The van der Waals surface area contributed by atoms with Crippen LogP contribution in [0.5, 0.6) is 0 Å². The molecule has 0 saturated heterocycles. The number of rotatable bonds is 5. The number of hydrogen-bond acceptors (Lipinski definition) is 2. The lowest BCUT2D eigenvalue weighted by Gasteiger charge is -2.14. The predicted octanol–water partition coefficient (Wildman–Crippen LogP) is 3.86. The maximum absolute atomic E-state index is 12.9. The number of amides is 1. The molecule has 5 nitrogen and oxygen atoms in total. The fourth-order valence-electron chi connectivity index (χ4n) is 3.92. The van der Waals surface area contributed by atoms with Crippen LogP contribution in [-0.2, 0) is 11.3 Å². The number of halogens is 1. The normalized spacial score (nSPS) is 15.1. The van der Waals surface area contributed by atoms with Crippen molar-refractivity contribution in [1.82, 2.24) is 14.3 Å². The van der Waals surface area contributed by atoms with Crippen LogP contribution in [0.2, 0.25) is 0 Å². The highest BCUT2D eigenvalue weighted by molar-refractivity contribution is 9.10. The number of nitrogens with zero attached hydrogens (tertiary/aromatic N) is 2. The highest BCUT2D eigenvalue weighted by Crippen LogP contribution is 2.21. The van der Waals surface area contributed by atoms with Crippen molar-refractivity contribution in [2.75, 3.05) is 0 Å². The third kappa shape index (κ3) is 3.30. The Kier molecular flexibility index (Phi) is 4.85. The van der Waals surface area contributed by atoms with E-state index in [0.29, 0.717) is 30.9 Å². The lowest BCUT2D eigenvalue weighted by molar-refractivity contribution is -0.121. The van der Waals surface area contributed by atoms with Gasteiger partial charge in [0.2, 0.25) is 5.91 Å². The molecular weight excluding hydrogens is 394 g/mol. The standard InChI is InChI=1S/C20H22BrN3O2/c21-14-9-10-16-18(13-14)24(20(26)17-7-3-11-23(16)17)12-4-8-19(25)22-15-5-1-2-6-15/h3,7,9-11,13,15H,1-2,4-6,8,12H2,(H,22,25). The molecule has 0 atom stereocenters. The van der Waals surface area contributed by atoms with E-state index < -0.39 is 0 Å². The molecule has 1 saturated carbocycles. The SMILES string of the molecule is O=C(CCCn1c(=O)c2cccn2c2ccc(Br)cc21)NC1CCCC1. The van der Waals surface area contributed by atoms with E-state index in [9.17, 15) is 9.59 Å². The summed E-state index contributed by atoms with van der Waals surface area (Å²) in [6, 6.07) is 10.0. The molecule has 6 heteroatoms. The van der Waals surface area contributed by atoms with Crippen LogP contribution in [0.15, 0.2) is 45.8 Å². The molecule has 0 aliphatic heterocycles. The molecule has 0 radical (unpaired) electrons. The topological polar surface area (TPSA) is 55.5 Å². The molecule has 0 bridgehead atoms. The van der Waals surface area contributed by atoms with E-state index in [4.69, 9.17) is 0 Å². The van der Waals surface area contributed by atoms with Gasteiger partial charge >= 0.3 is 0 Å². The first-order chi connectivity index (χ1) is 12.6. The summed E-state index contributed by atoms with van der Waals surface area (Å²) in [5.41, 5.74) is 2.51. The van der Waals surface area contributed by atoms with Crippen molar-refractivity contribution in [2.45, 2.75) is 51.1 Å². The Morgan fingerprint density at radius 3 is 2.77 bits per heavy atom. The summed E-state index contributed by atoms with van der Waals surface area (Å²) in [6.07, 6.45) is 7.61.